The minimum atomic E-state index is -0.805. The fourth-order valence-corrected chi connectivity index (χ4v) is 6.53. The smallest absolute Gasteiger partial charge is 0.328 e. The second kappa shape index (κ2) is 13.3. The molecule has 1 aromatic carbocycles. The van der Waals surface area contributed by atoms with Crippen LogP contribution in [0.3, 0.4) is 0 Å². The summed E-state index contributed by atoms with van der Waals surface area (Å²) < 4.78 is 3.63. The average Bonchev–Trinajstić information content (AvgIpc) is 3.61. The number of imidazole rings is 1. The van der Waals surface area contributed by atoms with Crippen LogP contribution < -0.4 is 5.69 Å². The highest BCUT2D eigenvalue weighted by Gasteiger charge is 2.39. The number of hydrogen-bond acceptors (Lipinski definition) is 6. The van der Waals surface area contributed by atoms with Crippen molar-refractivity contribution in [2.24, 2.45) is 17.8 Å². The normalized spacial score (nSPS) is 19.5. The summed E-state index contributed by atoms with van der Waals surface area (Å²) in [4.78, 5) is 31.3. The Bertz CT molecular complexity index is 1520. The molecule has 3 unspecified atom stereocenters. The number of carboxylic acids is 1. The summed E-state index contributed by atoms with van der Waals surface area (Å²) >= 11 is 0. The highest BCUT2D eigenvalue weighted by atomic mass is 16.4. The van der Waals surface area contributed by atoms with Crippen molar-refractivity contribution in [2.75, 3.05) is 0 Å². The summed E-state index contributed by atoms with van der Waals surface area (Å²) in [5.74, 6) is -0.480. The highest BCUT2D eigenvalue weighted by molar-refractivity contribution is 5.71. The van der Waals surface area contributed by atoms with Crippen molar-refractivity contribution in [1.29, 1.82) is 0 Å². The number of nitrogens with one attached hydrogen (secondary N) is 1. The quantitative estimate of drug-likeness (QED) is 0.247. The topological polar surface area (TPSA) is 132 Å². The molecular formula is C32H41N7O3. The second-order valence-corrected chi connectivity index (χ2v) is 11.8. The van der Waals surface area contributed by atoms with Gasteiger partial charge in [-0.3, -0.25) is 18.9 Å². The van der Waals surface area contributed by atoms with Gasteiger partial charge >= 0.3 is 11.7 Å². The first kappa shape index (κ1) is 29.4. The number of aliphatic carboxylic acids is 1. The first-order valence-corrected chi connectivity index (χ1v) is 15.2. The Labute approximate surface area is 246 Å². The lowest BCUT2D eigenvalue weighted by Crippen LogP contribution is -2.40. The van der Waals surface area contributed by atoms with Crippen molar-refractivity contribution in [3.05, 3.63) is 70.7 Å². The number of carboxylic acid groups (broad SMARTS) is 1. The zero-order valence-electron chi connectivity index (χ0n) is 24.7. The summed E-state index contributed by atoms with van der Waals surface area (Å²) in [6.07, 6.45) is 12.8. The maximum Gasteiger partial charge on any atom is 0.328 e. The zero-order valence-corrected chi connectivity index (χ0v) is 24.7. The molecule has 1 aliphatic rings. The Morgan fingerprint density at radius 3 is 2.55 bits per heavy atom. The molecule has 0 bridgehead atoms. The summed E-state index contributed by atoms with van der Waals surface area (Å²) in [5.41, 5.74) is 4.57. The highest BCUT2D eigenvalue weighted by Crippen LogP contribution is 2.40. The van der Waals surface area contributed by atoms with E-state index in [2.05, 4.69) is 46.4 Å². The van der Waals surface area contributed by atoms with E-state index in [1.165, 1.54) is 0 Å². The van der Waals surface area contributed by atoms with Crippen molar-refractivity contribution in [2.45, 2.75) is 84.7 Å². The number of hydrogen-bond donors (Lipinski definition) is 2. The second-order valence-electron chi connectivity index (χ2n) is 11.8. The van der Waals surface area contributed by atoms with Gasteiger partial charge in [0.2, 0.25) is 5.82 Å². The third kappa shape index (κ3) is 6.22. The Morgan fingerprint density at radius 2 is 1.86 bits per heavy atom. The molecule has 2 N–H and O–H groups in total. The van der Waals surface area contributed by atoms with E-state index < -0.39 is 11.9 Å². The Kier molecular flexibility index (Phi) is 9.29. The van der Waals surface area contributed by atoms with Crippen molar-refractivity contribution >= 4 is 5.97 Å². The van der Waals surface area contributed by atoms with Gasteiger partial charge in [-0.15, -0.1) is 10.2 Å². The van der Waals surface area contributed by atoms with E-state index >= 15 is 0 Å². The van der Waals surface area contributed by atoms with Gasteiger partial charge in [-0.25, -0.2) is 4.79 Å². The third-order valence-corrected chi connectivity index (χ3v) is 8.80. The number of aryl methyl sites for hydroxylation is 1. The molecular weight excluding hydrogens is 530 g/mol. The first-order chi connectivity index (χ1) is 20.4. The molecule has 222 valence electrons. The minimum Gasteiger partial charge on any atom is -0.481 e. The van der Waals surface area contributed by atoms with E-state index in [-0.39, 0.29) is 23.6 Å². The van der Waals surface area contributed by atoms with Crippen LogP contribution in [0.4, 0.5) is 0 Å². The lowest BCUT2D eigenvalue weighted by atomic mass is 9.74. The molecule has 3 aromatic heterocycles. The van der Waals surface area contributed by atoms with Gasteiger partial charge in [-0.05, 0) is 65.5 Å². The molecule has 1 saturated carbocycles. The molecule has 0 aliphatic heterocycles. The van der Waals surface area contributed by atoms with E-state index in [0.29, 0.717) is 18.8 Å². The van der Waals surface area contributed by atoms with Crippen molar-refractivity contribution in [3.8, 4) is 22.5 Å². The number of unbranched alkanes of at least 4 members (excludes halogenated alkanes) is 1. The lowest BCUT2D eigenvalue weighted by Gasteiger charge is -2.36. The monoisotopic (exact) mass is 571 g/mol. The van der Waals surface area contributed by atoms with Crippen LogP contribution in [0.25, 0.3) is 22.5 Å². The Morgan fingerprint density at radius 1 is 1.10 bits per heavy atom. The van der Waals surface area contributed by atoms with Crippen LogP contribution in [0.2, 0.25) is 0 Å². The van der Waals surface area contributed by atoms with Crippen molar-refractivity contribution in [1.82, 2.24) is 34.7 Å². The molecule has 1 fully saturated rings. The minimum absolute atomic E-state index is 0.116. The van der Waals surface area contributed by atoms with Crippen LogP contribution >= 0.6 is 0 Å². The number of nitrogens with zero attached hydrogens (tertiary/aromatic N) is 6. The summed E-state index contributed by atoms with van der Waals surface area (Å²) in [6.45, 7) is 6.81. The Hall–Kier alpha value is -4.08. The predicted molar refractivity (Wildman–Crippen MR) is 161 cm³/mol. The number of carbonyl (C=O) groups is 1. The molecule has 0 saturated heterocycles. The number of rotatable bonds is 10. The summed E-state index contributed by atoms with van der Waals surface area (Å²) in [7, 11) is 0. The van der Waals surface area contributed by atoms with Gasteiger partial charge in [0.25, 0.3) is 0 Å². The molecule has 0 spiro atoms. The molecule has 0 amide bonds. The fraction of sp³-hybridized carbons (Fsp3) is 0.500. The maximum absolute atomic E-state index is 14.3. The molecule has 3 atom stereocenters. The fourth-order valence-electron chi connectivity index (χ4n) is 6.53. The number of benzene rings is 1. The van der Waals surface area contributed by atoms with Crippen LogP contribution in [0.1, 0.15) is 83.0 Å². The molecule has 5 rings (SSSR count). The van der Waals surface area contributed by atoms with E-state index in [1.807, 2.05) is 47.3 Å². The average molecular weight is 572 g/mol. The molecule has 10 nitrogen and oxygen atoms in total. The van der Waals surface area contributed by atoms with E-state index in [9.17, 15) is 14.7 Å². The predicted octanol–water partition coefficient (Wildman–Crippen LogP) is 5.76. The van der Waals surface area contributed by atoms with Gasteiger partial charge in [0, 0.05) is 29.8 Å². The number of pyridine rings is 1. The van der Waals surface area contributed by atoms with Crippen LogP contribution in [0.15, 0.2) is 53.7 Å². The summed E-state index contributed by atoms with van der Waals surface area (Å²) in [5, 5.41) is 24.6. The van der Waals surface area contributed by atoms with Gasteiger partial charge in [0.1, 0.15) is 0 Å². The molecule has 0 radical (unpaired) electrons. The van der Waals surface area contributed by atoms with Gasteiger partial charge in [-0.2, -0.15) is 5.21 Å². The van der Waals surface area contributed by atoms with Crippen LogP contribution in [0.5, 0.6) is 0 Å². The molecule has 1 aliphatic carbocycles. The van der Waals surface area contributed by atoms with Gasteiger partial charge in [0.05, 0.1) is 18.5 Å². The largest absolute Gasteiger partial charge is 0.481 e. The van der Waals surface area contributed by atoms with Crippen molar-refractivity contribution < 1.29 is 9.90 Å². The van der Waals surface area contributed by atoms with Gasteiger partial charge in [-0.1, -0.05) is 70.7 Å². The third-order valence-electron chi connectivity index (χ3n) is 8.80. The molecule has 10 heteroatoms. The Balaban J connectivity index is 1.56. The number of H-pyrrole nitrogens is 1. The van der Waals surface area contributed by atoms with Crippen molar-refractivity contribution in [3.63, 3.8) is 0 Å². The lowest BCUT2D eigenvalue weighted by molar-refractivity contribution is -0.145. The standard InChI is InChI=1S/C32H41N7O3/c1-4-5-9-25-20-39(29-26(21(2)3)10-7-6-8-11-28(29)31(40)41)32(42)38(25)19-24-18-33-17-16-27(24)22-12-14-23(15-13-22)30-34-36-37-35-30/h12-18,20-21,26,28-29H,4-11,19H2,1-3H3,(H,40,41)(H,34,35,36,37). The number of tetrazole rings is 1. The molecule has 3 heterocycles. The maximum atomic E-state index is 14.3. The number of aromatic nitrogens is 7. The number of aromatic amines is 1. The van der Waals surface area contributed by atoms with E-state index in [4.69, 9.17) is 0 Å². The SMILES string of the molecule is CCCCc1cn(C2C(C(=O)O)CCCCCC2C(C)C)c(=O)n1Cc1cnccc1-c1ccc(-c2nn[nH]n2)cc1. The van der Waals surface area contributed by atoms with E-state index in [0.717, 1.165) is 72.9 Å². The molecule has 42 heavy (non-hydrogen) atoms. The molecule has 4 aromatic rings. The van der Waals surface area contributed by atoms with E-state index in [1.54, 1.807) is 10.8 Å². The summed E-state index contributed by atoms with van der Waals surface area (Å²) in [6, 6.07) is 9.52. The van der Waals surface area contributed by atoms with Gasteiger partial charge in [0.15, 0.2) is 0 Å². The van der Waals surface area contributed by atoms with Crippen LogP contribution in [0, 0.1) is 17.8 Å². The zero-order chi connectivity index (χ0) is 29.6. The first-order valence-electron chi connectivity index (χ1n) is 15.2. The van der Waals surface area contributed by atoms with Crippen LogP contribution in [-0.4, -0.2) is 45.8 Å². The van der Waals surface area contributed by atoms with Gasteiger partial charge < -0.3 is 5.11 Å². The van der Waals surface area contributed by atoms with Crippen LogP contribution in [-0.2, 0) is 17.8 Å².